The quantitative estimate of drug-likeness (QED) is 0.607. The van der Waals surface area contributed by atoms with Gasteiger partial charge in [0, 0.05) is 6.42 Å². The number of hydrogen-bond acceptors (Lipinski definition) is 3. The number of ether oxygens (including phenoxy) is 1. The van der Waals surface area contributed by atoms with Gasteiger partial charge in [0.25, 0.3) is 0 Å². The molecule has 3 nitrogen and oxygen atoms in total. The summed E-state index contributed by atoms with van der Waals surface area (Å²) in [6.07, 6.45) is 0.946. The predicted octanol–water partition coefficient (Wildman–Crippen LogP) is 1.70. The molecule has 0 saturated carbocycles. The summed E-state index contributed by atoms with van der Waals surface area (Å²) in [7, 11) is 0. The van der Waals surface area contributed by atoms with E-state index >= 15 is 0 Å². The molecule has 3 heteroatoms. The average Bonchev–Trinajstić information content (AvgIpc) is 2.40. The molecule has 0 aliphatic carbocycles. The van der Waals surface area contributed by atoms with Gasteiger partial charge in [0.2, 0.25) is 5.90 Å². The van der Waals surface area contributed by atoms with Gasteiger partial charge in [0.05, 0.1) is 0 Å². The van der Waals surface area contributed by atoms with Crippen LogP contribution in [0.2, 0.25) is 0 Å². The van der Waals surface area contributed by atoms with Crippen LogP contribution >= 0.6 is 0 Å². The van der Waals surface area contributed by atoms with Crippen LogP contribution < -0.4 is 5.43 Å². The van der Waals surface area contributed by atoms with Crippen molar-refractivity contribution in [3.05, 3.63) is 0 Å². The Morgan fingerprint density at radius 2 is 2.20 bits per heavy atom. The Hall–Kier alpha value is -0.730. The smallest absolute Gasteiger partial charge is 0.207 e. The molecule has 0 bridgehead atoms. The van der Waals surface area contributed by atoms with Crippen molar-refractivity contribution in [2.24, 2.45) is 5.10 Å². The lowest BCUT2D eigenvalue weighted by molar-refractivity contribution is 0.204. The normalized spacial score (nSPS) is 21.6. The monoisotopic (exact) mass is 144 g/mol. The molecule has 0 amide bonds. The second kappa shape index (κ2) is 5.09. The Morgan fingerprint density at radius 3 is 2.40 bits per heavy atom. The third kappa shape index (κ3) is 2.71. The van der Waals surface area contributed by atoms with Gasteiger partial charge in [-0.1, -0.05) is 20.8 Å². The molecule has 0 aromatic carbocycles. The van der Waals surface area contributed by atoms with Gasteiger partial charge < -0.3 is 4.74 Å². The van der Waals surface area contributed by atoms with E-state index in [-0.39, 0.29) is 6.23 Å². The van der Waals surface area contributed by atoms with Gasteiger partial charge in [-0.3, -0.25) is 5.43 Å². The zero-order valence-corrected chi connectivity index (χ0v) is 7.14. The molecule has 1 rings (SSSR count). The highest BCUT2D eigenvalue weighted by Gasteiger charge is 2.10. The van der Waals surface area contributed by atoms with Crippen LogP contribution in [-0.2, 0) is 4.74 Å². The van der Waals surface area contributed by atoms with Crippen LogP contribution in [0.3, 0.4) is 0 Å². The maximum absolute atomic E-state index is 5.15. The summed E-state index contributed by atoms with van der Waals surface area (Å²) in [4.78, 5) is 0. The Labute approximate surface area is 62.5 Å². The van der Waals surface area contributed by atoms with E-state index in [0.717, 1.165) is 12.3 Å². The third-order valence-corrected chi connectivity index (χ3v) is 0.986. The van der Waals surface area contributed by atoms with Gasteiger partial charge in [-0.15, -0.1) is 5.10 Å². The number of hydrazone groups is 1. The van der Waals surface area contributed by atoms with Crippen LogP contribution in [0.5, 0.6) is 0 Å². The zero-order valence-electron chi connectivity index (χ0n) is 7.14. The molecule has 0 spiro atoms. The van der Waals surface area contributed by atoms with E-state index in [4.69, 9.17) is 4.74 Å². The largest absolute Gasteiger partial charge is 0.455 e. The van der Waals surface area contributed by atoms with Gasteiger partial charge in [-0.25, -0.2) is 0 Å². The Kier molecular flexibility index (Phi) is 4.72. The molecule has 1 heterocycles. The second-order valence-corrected chi connectivity index (χ2v) is 1.75. The van der Waals surface area contributed by atoms with E-state index in [0.29, 0.717) is 0 Å². The number of nitrogens with one attached hydrogen (secondary N) is 1. The van der Waals surface area contributed by atoms with Crippen molar-refractivity contribution in [3.8, 4) is 0 Å². The minimum atomic E-state index is 0.0740. The van der Waals surface area contributed by atoms with E-state index in [1.54, 1.807) is 0 Å². The van der Waals surface area contributed by atoms with Gasteiger partial charge in [-0.05, 0) is 6.92 Å². The van der Waals surface area contributed by atoms with Crippen LogP contribution in [-0.4, -0.2) is 12.1 Å². The van der Waals surface area contributed by atoms with Crippen molar-refractivity contribution >= 4 is 5.90 Å². The summed E-state index contributed by atoms with van der Waals surface area (Å²) >= 11 is 0. The average molecular weight is 144 g/mol. The van der Waals surface area contributed by atoms with Gasteiger partial charge >= 0.3 is 0 Å². The summed E-state index contributed by atoms with van der Waals surface area (Å²) in [5.74, 6) is 0.803. The van der Waals surface area contributed by atoms with Crippen LogP contribution in [0.15, 0.2) is 5.10 Å². The Morgan fingerprint density at radius 1 is 1.60 bits per heavy atom. The number of nitrogens with zero attached hydrogens (tertiary/aromatic N) is 1. The minimum absolute atomic E-state index is 0.0740. The Balaban J connectivity index is 0.000000371. The SMILES string of the molecule is CC.CCC1=NNC(C)O1. The number of rotatable bonds is 1. The van der Waals surface area contributed by atoms with Gasteiger partial charge in [0.15, 0.2) is 6.23 Å². The molecule has 60 valence electrons. The molecule has 0 fully saturated rings. The third-order valence-electron chi connectivity index (χ3n) is 0.986. The summed E-state index contributed by atoms with van der Waals surface area (Å²) in [5, 5.41) is 3.88. The first-order chi connectivity index (χ1) is 4.83. The molecule has 0 saturated heterocycles. The minimum Gasteiger partial charge on any atom is -0.455 e. The van der Waals surface area contributed by atoms with Crippen LogP contribution in [0.4, 0.5) is 0 Å². The zero-order chi connectivity index (χ0) is 7.98. The van der Waals surface area contributed by atoms with Crippen molar-refractivity contribution in [2.45, 2.75) is 40.3 Å². The summed E-state index contributed by atoms with van der Waals surface area (Å²) in [6.45, 7) is 7.94. The molecule has 1 unspecified atom stereocenters. The molecular weight excluding hydrogens is 128 g/mol. The van der Waals surface area contributed by atoms with Crippen molar-refractivity contribution < 1.29 is 4.74 Å². The van der Waals surface area contributed by atoms with Crippen LogP contribution in [0.1, 0.15) is 34.1 Å². The molecule has 0 aromatic rings. The molecule has 1 atom stereocenters. The highest BCUT2D eigenvalue weighted by molar-refractivity contribution is 5.76. The topological polar surface area (TPSA) is 33.6 Å². The standard InChI is InChI=1S/C5H10N2O.C2H6/c1-3-5-7-6-4(2)8-5;1-2/h4,6H,3H2,1-2H3;1-2H3. The summed E-state index contributed by atoms with van der Waals surface area (Å²) in [6, 6.07) is 0. The first-order valence-corrected chi connectivity index (χ1v) is 3.81. The van der Waals surface area contributed by atoms with E-state index in [1.807, 2.05) is 27.7 Å². The van der Waals surface area contributed by atoms with Gasteiger partial charge in [-0.2, -0.15) is 0 Å². The lowest BCUT2D eigenvalue weighted by Gasteiger charge is -2.00. The fourth-order valence-corrected chi connectivity index (χ4v) is 0.582. The lowest BCUT2D eigenvalue weighted by Crippen LogP contribution is -2.16. The van der Waals surface area contributed by atoms with E-state index in [1.165, 1.54) is 0 Å². The number of hydrogen-bond donors (Lipinski definition) is 1. The maximum Gasteiger partial charge on any atom is 0.207 e. The van der Waals surface area contributed by atoms with Crippen molar-refractivity contribution in [1.29, 1.82) is 0 Å². The first-order valence-electron chi connectivity index (χ1n) is 3.81. The molecule has 1 aliphatic heterocycles. The summed E-state index contributed by atoms with van der Waals surface area (Å²) < 4.78 is 5.15. The van der Waals surface area contributed by atoms with E-state index in [9.17, 15) is 0 Å². The fraction of sp³-hybridized carbons (Fsp3) is 0.857. The highest BCUT2D eigenvalue weighted by Crippen LogP contribution is 1.99. The van der Waals surface area contributed by atoms with Crippen LogP contribution in [0, 0.1) is 0 Å². The Bertz CT molecular complexity index is 112. The fourth-order valence-electron chi connectivity index (χ4n) is 0.582. The molecule has 1 aliphatic rings. The van der Waals surface area contributed by atoms with E-state index in [2.05, 4.69) is 10.5 Å². The molecular formula is C7H16N2O. The molecule has 10 heavy (non-hydrogen) atoms. The summed E-state index contributed by atoms with van der Waals surface area (Å²) in [5.41, 5.74) is 2.79. The predicted molar refractivity (Wildman–Crippen MR) is 42.8 cm³/mol. The van der Waals surface area contributed by atoms with Crippen molar-refractivity contribution in [1.82, 2.24) is 5.43 Å². The molecule has 0 aromatic heterocycles. The lowest BCUT2D eigenvalue weighted by atomic mass is 10.5. The molecule has 1 N–H and O–H groups in total. The van der Waals surface area contributed by atoms with Gasteiger partial charge in [0.1, 0.15) is 0 Å². The van der Waals surface area contributed by atoms with Crippen molar-refractivity contribution in [3.63, 3.8) is 0 Å². The first kappa shape index (κ1) is 9.27. The molecule has 0 radical (unpaired) electrons. The van der Waals surface area contributed by atoms with Crippen molar-refractivity contribution in [2.75, 3.05) is 0 Å². The van der Waals surface area contributed by atoms with Crippen LogP contribution in [0.25, 0.3) is 0 Å². The highest BCUT2D eigenvalue weighted by atomic mass is 16.5. The van der Waals surface area contributed by atoms with E-state index < -0.39 is 0 Å². The maximum atomic E-state index is 5.15. The second-order valence-electron chi connectivity index (χ2n) is 1.75.